The van der Waals surface area contributed by atoms with Crippen LogP contribution in [0.5, 0.6) is 5.75 Å². The van der Waals surface area contributed by atoms with Crippen molar-refractivity contribution in [1.82, 2.24) is 20.6 Å². The Balaban J connectivity index is 1.34. The molecule has 1 saturated heterocycles. The number of carbonyl (C=O) groups excluding carboxylic acids is 2. The van der Waals surface area contributed by atoms with Gasteiger partial charge in [0.05, 0.1) is 24.4 Å². The molecule has 1 amide bonds. The van der Waals surface area contributed by atoms with Crippen LogP contribution in [0.25, 0.3) is 22.2 Å². The molecule has 1 aliphatic heterocycles. The maximum Gasteiger partial charge on any atom is 0.224 e. The molecule has 2 aliphatic rings. The van der Waals surface area contributed by atoms with Crippen LogP contribution in [0.15, 0.2) is 34.9 Å². The molecule has 2 aromatic heterocycles. The van der Waals surface area contributed by atoms with Gasteiger partial charge in [-0.2, -0.15) is 0 Å². The smallest absolute Gasteiger partial charge is 0.224 e. The zero-order chi connectivity index (χ0) is 27.4. The maximum atomic E-state index is 13.4. The predicted octanol–water partition coefficient (Wildman–Crippen LogP) is 5.68. The quantitative estimate of drug-likeness (QED) is 0.289. The second-order valence-corrected chi connectivity index (χ2v) is 11.2. The Kier molecular flexibility index (Phi) is 8.31. The number of nitrogens with zero attached hydrogens (tertiary/aromatic N) is 2. The van der Waals surface area contributed by atoms with Crippen LogP contribution in [0.2, 0.25) is 0 Å². The summed E-state index contributed by atoms with van der Waals surface area (Å²) in [5.74, 6) is 2.23. The van der Waals surface area contributed by atoms with Crippen LogP contribution in [-0.2, 0) is 9.59 Å². The molecule has 0 bridgehead atoms. The molecule has 39 heavy (non-hydrogen) atoms. The van der Waals surface area contributed by atoms with Crippen LogP contribution in [0.3, 0.4) is 0 Å². The van der Waals surface area contributed by atoms with E-state index in [1.165, 1.54) is 0 Å². The Bertz CT molecular complexity index is 1330. The number of ketones is 1. The fraction of sp³-hybridized carbons (Fsp3) is 0.548. The van der Waals surface area contributed by atoms with Gasteiger partial charge in [-0.1, -0.05) is 25.8 Å². The first kappa shape index (κ1) is 27.3. The van der Waals surface area contributed by atoms with Gasteiger partial charge in [-0.15, -0.1) is 0 Å². The van der Waals surface area contributed by atoms with Crippen molar-refractivity contribution in [2.45, 2.75) is 77.7 Å². The molecular formula is C31H40N4O4. The molecule has 2 N–H and O–H groups in total. The van der Waals surface area contributed by atoms with Gasteiger partial charge in [0, 0.05) is 35.9 Å². The highest BCUT2D eigenvalue weighted by Crippen LogP contribution is 2.58. The highest BCUT2D eigenvalue weighted by Gasteiger charge is 2.57. The topological polar surface area (TPSA) is 106 Å². The first-order valence-corrected chi connectivity index (χ1v) is 14.4. The van der Waals surface area contributed by atoms with Crippen molar-refractivity contribution in [3.8, 4) is 17.1 Å². The Hall–Kier alpha value is -3.26. The fourth-order valence-electron chi connectivity index (χ4n) is 5.94. The van der Waals surface area contributed by atoms with Gasteiger partial charge in [0.25, 0.3) is 0 Å². The zero-order valence-electron chi connectivity index (χ0n) is 23.3. The summed E-state index contributed by atoms with van der Waals surface area (Å²) < 4.78 is 12.0. The average Bonchev–Trinajstić information content (AvgIpc) is 3.40. The first-order chi connectivity index (χ1) is 18.9. The SMILES string of the molecule is CCC(=O)CCCCCC(NC(=O)[C@H]1CC12CCNCC2)c1ncc(-c2cc3ccc(C)nc3cc2OC)o1. The number of methoxy groups -OCH3 is 1. The molecule has 208 valence electrons. The molecule has 3 aromatic rings. The van der Waals surface area contributed by atoms with Crippen LogP contribution < -0.4 is 15.4 Å². The van der Waals surface area contributed by atoms with Crippen LogP contribution in [-0.4, -0.2) is 41.9 Å². The Morgan fingerprint density at radius 2 is 2.03 bits per heavy atom. The Morgan fingerprint density at radius 3 is 2.79 bits per heavy atom. The van der Waals surface area contributed by atoms with Crippen molar-refractivity contribution in [3.05, 3.63) is 42.0 Å². The van der Waals surface area contributed by atoms with Crippen molar-refractivity contribution in [3.63, 3.8) is 0 Å². The number of oxazole rings is 1. The van der Waals surface area contributed by atoms with E-state index in [9.17, 15) is 9.59 Å². The van der Waals surface area contributed by atoms with E-state index in [1.54, 1.807) is 13.3 Å². The number of fused-ring (bicyclic) bond motifs is 1. The van der Waals surface area contributed by atoms with Crippen LogP contribution in [0.1, 0.15) is 82.3 Å². The number of carbonyl (C=O) groups is 2. The summed E-state index contributed by atoms with van der Waals surface area (Å²) in [4.78, 5) is 34.3. The van der Waals surface area contributed by atoms with E-state index in [0.29, 0.717) is 42.4 Å². The van der Waals surface area contributed by atoms with Crippen LogP contribution >= 0.6 is 0 Å². The van der Waals surface area contributed by atoms with Crippen LogP contribution in [0.4, 0.5) is 0 Å². The van der Waals surface area contributed by atoms with E-state index in [-0.39, 0.29) is 23.3 Å². The van der Waals surface area contributed by atoms with Gasteiger partial charge in [-0.3, -0.25) is 14.6 Å². The summed E-state index contributed by atoms with van der Waals surface area (Å²) in [6, 6.07) is 7.63. The monoisotopic (exact) mass is 532 g/mol. The van der Waals surface area contributed by atoms with Gasteiger partial charge in [-0.25, -0.2) is 4.98 Å². The van der Waals surface area contributed by atoms with Gasteiger partial charge in [-0.05, 0) is 69.7 Å². The summed E-state index contributed by atoms with van der Waals surface area (Å²) in [5.41, 5.74) is 2.76. The molecule has 1 saturated carbocycles. The van der Waals surface area contributed by atoms with E-state index < -0.39 is 0 Å². The second kappa shape index (κ2) is 11.9. The Morgan fingerprint density at radius 1 is 1.21 bits per heavy atom. The minimum Gasteiger partial charge on any atom is -0.496 e. The second-order valence-electron chi connectivity index (χ2n) is 11.2. The number of aromatic nitrogens is 2. The largest absolute Gasteiger partial charge is 0.496 e. The number of nitrogens with one attached hydrogen (secondary N) is 2. The summed E-state index contributed by atoms with van der Waals surface area (Å²) in [5, 5.41) is 7.68. The standard InChI is InChI=1S/C31H40N4O4/c1-4-22(36)8-6-5-7-9-25(35-29(37)24-18-31(24)12-14-32-15-13-31)30-33-19-28(39-30)23-16-21-11-10-20(2)34-26(21)17-27(23)38-3/h10-11,16-17,19,24-25,32H,4-9,12-15,18H2,1-3H3,(H,35,37)/t24-,25?/m1/s1. The molecule has 2 atom stereocenters. The fourth-order valence-corrected chi connectivity index (χ4v) is 5.94. The molecule has 3 heterocycles. The van der Waals surface area contributed by atoms with Gasteiger partial charge in [0.1, 0.15) is 17.6 Å². The molecule has 1 aliphatic carbocycles. The van der Waals surface area contributed by atoms with E-state index in [1.807, 2.05) is 38.1 Å². The number of pyridine rings is 1. The number of rotatable bonds is 12. The van der Waals surface area contributed by atoms with Crippen molar-refractivity contribution < 1.29 is 18.7 Å². The third-order valence-corrected chi connectivity index (χ3v) is 8.50. The zero-order valence-corrected chi connectivity index (χ0v) is 23.3. The summed E-state index contributed by atoms with van der Waals surface area (Å²) in [6.07, 6.45) is 9.38. The van der Waals surface area contributed by atoms with Gasteiger partial charge in [0.15, 0.2) is 5.76 Å². The summed E-state index contributed by atoms with van der Waals surface area (Å²) in [7, 11) is 1.64. The molecular weight excluding hydrogens is 492 g/mol. The van der Waals surface area contributed by atoms with Crippen molar-refractivity contribution in [2.24, 2.45) is 11.3 Å². The van der Waals surface area contributed by atoms with Crippen molar-refractivity contribution >= 4 is 22.6 Å². The van der Waals surface area contributed by atoms with E-state index in [0.717, 1.165) is 73.8 Å². The number of benzene rings is 1. The number of unbranched alkanes of at least 4 members (excludes halogenated alkanes) is 2. The number of piperidine rings is 1. The third-order valence-electron chi connectivity index (χ3n) is 8.50. The highest BCUT2D eigenvalue weighted by molar-refractivity contribution is 5.87. The van der Waals surface area contributed by atoms with Crippen LogP contribution in [0, 0.1) is 18.3 Å². The molecule has 1 spiro atoms. The van der Waals surface area contributed by atoms with E-state index >= 15 is 0 Å². The van der Waals surface area contributed by atoms with Gasteiger partial charge in [0.2, 0.25) is 11.8 Å². The van der Waals surface area contributed by atoms with Gasteiger partial charge < -0.3 is 19.8 Å². The number of hydrogen-bond acceptors (Lipinski definition) is 7. The molecule has 8 heteroatoms. The number of amides is 1. The minimum atomic E-state index is -0.316. The molecule has 1 unspecified atom stereocenters. The summed E-state index contributed by atoms with van der Waals surface area (Å²) >= 11 is 0. The van der Waals surface area contributed by atoms with E-state index in [2.05, 4.69) is 20.6 Å². The molecule has 0 radical (unpaired) electrons. The Labute approximate surface area is 230 Å². The van der Waals surface area contributed by atoms with Gasteiger partial charge >= 0.3 is 0 Å². The number of hydrogen-bond donors (Lipinski definition) is 2. The first-order valence-electron chi connectivity index (χ1n) is 14.4. The number of ether oxygens (including phenoxy) is 1. The lowest BCUT2D eigenvalue weighted by Crippen LogP contribution is -2.35. The molecule has 5 rings (SSSR count). The lowest BCUT2D eigenvalue weighted by Gasteiger charge is -2.24. The lowest BCUT2D eigenvalue weighted by atomic mass is 9.91. The predicted molar refractivity (Wildman–Crippen MR) is 150 cm³/mol. The lowest BCUT2D eigenvalue weighted by molar-refractivity contribution is -0.124. The van der Waals surface area contributed by atoms with Crippen molar-refractivity contribution in [2.75, 3.05) is 20.2 Å². The minimum absolute atomic E-state index is 0.0650. The summed E-state index contributed by atoms with van der Waals surface area (Å²) in [6.45, 7) is 5.83. The number of Topliss-reactive ketones (excluding diaryl/α,β-unsaturated/α-hetero) is 1. The maximum absolute atomic E-state index is 13.4. The third kappa shape index (κ3) is 6.16. The molecule has 2 fully saturated rings. The van der Waals surface area contributed by atoms with Crippen molar-refractivity contribution in [1.29, 1.82) is 0 Å². The molecule has 8 nitrogen and oxygen atoms in total. The van der Waals surface area contributed by atoms with E-state index in [4.69, 9.17) is 9.15 Å². The average molecular weight is 533 g/mol. The number of aryl methyl sites for hydroxylation is 1. The highest BCUT2D eigenvalue weighted by atomic mass is 16.5. The normalized spacial score (nSPS) is 18.7. The molecule has 1 aromatic carbocycles.